The van der Waals surface area contributed by atoms with Crippen molar-refractivity contribution in [1.82, 2.24) is 5.32 Å². The minimum Gasteiger partial charge on any atom is -0.387 e. The van der Waals surface area contributed by atoms with E-state index in [0.29, 0.717) is 18.5 Å². The van der Waals surface area contributed by atoms with Crippen LogP contribution in [-0.4, -0.2) is 33.4 Å². The Hall–Kier alpha value is -0.710. The summed E-state index contributed by atoms with van der Waals surface area (Å²) in [6, 6.07) is 8.60. The van der Waals surface area contributed by atoms with Gasteiger partial charge in [-0.2, -0.15) is 0 Å². The Morgan fingerprint density at radius 3 is 2.30 bits per heavy atom. The van der Waals surface area contributed by atoms with E-state index in [1.807, 2.05) is 12.1 Å². The van der Waals surface area contributed by atoms with Gasteiger partial charge < -0.3 is 10.4 Å². The van der Waals surface area contributed by atoms with Gasteiger partial charge in [0, 0.05) is 34.9 Å². The van der Waals surface area contributed by atoms with Crippen LogP contribution in [-0.2, 0) is 10.8 Å². The van der Waals surface area contributed by atoms with Crippen molar-refractivity contribution in [3.8, 4) is 0 Å². The number of benzene rings is 1. The first kappa shape index (κ1) is 15.7. The molecule has 3 nitrogen and oxygen atoms in total. The Morgan fingerprint density at radius 2 is 1.75 bits per heavy atom. The molecule has 1 unspecified atom stereocenters. The summed E-state index contributed by atoms with van der Waals surface area (Å²) in [4.78, 5) is 0. The Bertz CT molecular complexity index is 434. The van der Waals surface area contributed by atoms with Crippen LogP contribution in [0.15, 0.2) is 24.3 Å². The van der Waals surface area contributed by atoms with E-state index in [1.54, 1.807) is 0 Å². The van der Waals surface area contributed by atoms with E-state index in [1.165, 1.54) is 5.56 Å². The molecule has 0 spiro atoms. The summed E-state index contributed by atoms with van der Waals surface area (Å²) in [5.74, 6) is 2.09. The largest absolute Gasteiger partial charge is 0.387 e. The topological polar surface area (TPSA) is 49.3 Å². The minimum absolute atomic E-state index is 0.400. The molecule has 2 N–H and O–H groups in total. The first-order chi connectivity index (χ1) is 9.56. The lowest BCUT2D eigenvalue weighted by Crippen LogP contribution is -2.37. The van der Waals surface area contributed by atoms with Gasteiger partial charge in [0.05, 0.1) is 6.10 Å². The first-order valence-electron chi connectivity index (χ1n) is 7.42. The molecule has 1 heterocycles. The van der Waals surface area contributed by atoms with Crippen LogP contribution in [0.1, 0.15) is 49.8 Å². The molecule has 0 radical (unpaired) electrons. The number of nitrogens with one attached hydrogen (secondary N) is 1. The van der Waals surface area contributed by atoms with Crippen molar-refractivity contribution in [2.45, 2.75) is 44.8 Å². The summed E-state index contributed by atoms with van der Waals surface area (Å²) >= 11 is 0. The van der Waals surface area contributed by atoms with Crippen molar-refractivity contribution in [2.75, 3.05) is 18.1 Å². The van der Waals surface area contributed by atoms with E-state index < -0.39 is 16.9 Å². The van der Waals surface area contributed by atoms with Crippen LogP contribution in [0.5, 0.6) is 0 Å². The fourth-order valence-corrected chi connectivity index (χ4v) is 3.80. The molecule has 0 aromatic heterocycles. The van der Waals surface area contributed by atoms with Gasteiger partial charge in [-0.25, -0.2) is 0 Å². The average molecular weight is 295 g/mol. The van der Waals surface area contributed by atoms with Crippen LogP contribution in [0, 0.1) is 0 Å². The molecule has 2 rings (SSSR count). The molecule has 1 fully saturated rings. The Morgan fingerprint density at radius 1 is 1.20 bits per heavy atom. The maximum atomic E-state index is 11.3. The molecule has 1 aliphatic rings. The third-order valence-electron chi connectivity index (χ3n) is 3.98. The number of rotatable bonds is 5. The second kappa shape index (κ2) is 7.34. The zero-order valence-corrected chi connectivity index (χ0v) is 13.2. The summed E-state index contributed by atoms with van der Waals surface area (Å²) in [5, 5.41) is 13.6. The van der Waals surface area contributed by atoms with E-state index in [9.17, 15) is 9.32 Å². The van der Waals surface area contributed by atoms with Crippen molar-refractivity contribution < 1.29 is 9.32 Å². The molecule has 0 bridgehead atoms. The molecule has 20 heavy (non-hydrogen) atoms. The fourth-order valence-electron chi connectivity index (χ4n) is 2.50. The highest BCUT2D eigenvalue weighted by atomic mass is 32.2. The van der Waals surface area contributed by atoms with Crippen LogP contribution in [0.2, 0.25) is 0 Å². The van der Waals surface area contributed by atoms with Crippen LogP contribution in [0.4, 0.5) is 0 Å². The lowest BCUT2D eigenvalue weighted by Gasteiger charge is -2.24. The lowest BCUT2D eigenvalue weighted by molar-refractivity contribution is 0.168. The molecule has 1 atom stereocenters. The zero-order valence-electron chi connectivity index (χ0n) is 12.3. The first-order valence-corrected chi connectivity index (χ1v) is 8.91. The van der Waals surface area contributed by atoms with Crippen molar-refractivity contribution in [1.29, 1.82) is 0 Å². The van der Waals surface area contributed by atoms with Gasteiger partial charge in [0.2, 0.25) is 0 Å². The molecule has 1 saturated heterocycles. The normalized spacial score (nSPS) is 24.8. The Balaban J connectivity index is 1.82. The highest BCUT2D eigenvalue weighted by Crippen LogP contribution is 2.19. The number of hydrogen-bond acceptors (Lipinski definition) is 3. The van der Waals surface area contributed by atoms with Gasteiger partial charge in [-0.1, -0.05) is 38.1 Å². The van der Waals surface area contributed by atoms with Gasteiger partial charge in [-0.05, 0) is 29.9 Å². The van der Waals surface area contributed by atoms with Crippen LogP contribution >= 0.6 is 0 Å². The van der Waals surface area contributed by atoms with Crippen LogP contribution in [0.25, 0.3) is 0 Å². The average Bonchev–Trinajstić information content (AvgIpc) is 2.46. The summed E-state index contributed by atoms with van der Waals surface area (Å²) in [6.45, 7) is 4.90. The molecular formula is C16H25NO2S. The molecule has 112 valence electrons. The van der Waals surface area contributed by atoms with Gasteiger partial charge in [0.1, 0.15) is 0 Å². The van der Waals surface area contributed by atoms with Crippen molar-refractivity contribution in [3.05, 3.63) is 35.4 Å². The van der Waals surface area contributed by atoms with E-state index in [-0.39, 0.29) is 0 Å². The monoisotopic (exact) mass is 295 g/mol. The summed E-state index contributed by atoms with van der Waals surface area (Å²) in [7, 11) is -0.621. The maximum absolute atomic E-state index is 11.3. The molecule has 1 aliphatic heterocycles. The molecule has 4 heteroatoms. The number of aliphatic hydroxyl groups excluding tert-OH is 1. The molecule has 0 amide bonds. The minimum atomic E-state index is -0.621. The summed E-state index contributed by atoms with van der Waals surface area (Å²) in [6.07, 6.45) is 1.43. The van der Waals surface area contributed by atoms with Crippen molar-refractivity contribution in [3.63, 3.8) is 0 Å². The Kier molecular flexibility index (Phi) is 5.75. The summed E-state index contributed by atoms with van der Waals surface area (Å²) < 4.78 is 11.3. The maximum Gasteiger partial charge on any atom is 0.0914 e. The van der Waals surface area contributed by atoms with Crippen LogP contribution < -0.4 is 5.32 Å². The predicted molar refractivity (Wildman–Crippen MR) is 84.4 cm³/mol. The highest BCUT2D eigenvalue weighted by molar-refractivity contribution is 7.85. The van der Waals surface area contributed by atoms with Gasteiger partial charge >= 0.3 is 0 Å². The quantitative estimate of drug-likeness (QED) is 0.876. The number of hydrogen-bond donors (Lipinski definition) is 2. The fraction of sp³-hybridized carbons (Fsp3) is 0.625. The van der Waals surface area contributed by atoms with Crippen molar-refractivity contribution in [2.24, 2.45) is 0 Å². The third kappa shape index (κ3) is 4.40. The van der Waals surface area contributed by atoms with Crippen LogP contribution in [0.3, 0.4) is 0 Å². The van der Waals surface area contributed by atoms with Crippen molar-refractivity contribution >= 4 is 10.8 Å². The van der Waals surface area contributed by atoms with Gasteiger partial charge in [0.25, 0.3) is 0 Å². The van der Waals surface area contributed by atoms with Gasteiger partial charge in [-0.3, -0.25) is 4.21 Å². The highest BCUT2D eigenvalue weighted by Gasteiger charge is 2.18. The molecule has 1 aromatic carbocycles. The third-order valence-corrected chi connectivity index (χ3v) is 5.36. The molecule has 0 saturated carbocycles. The van der Waals surface area contributed by atoms with Gasteiger partial charge in [-0.15, -0.1) is 0 Å². The van der Waals surface area contributed by atoms with E-state index in [4.69, 9.17) is 0 Å². The second-order valence-electron chi connectivity index (χ2n) is 5.87. The van der Waals surface area contributed by atoms with E-state index >= 15 is 0 Å². The standard InChI is InChI=1S/C16H25NO2S/c1-12(2)13-3-5-14(6-4-13)16(18)11-17-15-7-9-20(19)10-8-15/h3-6,12,15-18H,7-11H2,1-2H3. The lowest BCUT2D eigenvalue weighted by atomic mass is 10.00. The van der Waals surface area contributed by atoms with Gasteiger partial charge in [0.15, 0.2) is 0 Å². The SMILES string of the molecule is CC(C)c1ccc(C(O)CNC2CCS(=O)CC2)cc1. The second-order valence-corrected chi connectivity index (χ2v) is 7.56. The Labute approximate surface area is 124 Å². The predicted octanol–water partition coefficient (Wildman–Crippen LogP) is 2.34. The number of aliphatic hydroxyl groups is 1. The summed E-state index contributed by atoms with van der Waals surface area (Å²) in [5.41, 5.74) is 2.25. The smallest absolute Gasteiger partial charge is 0.0914 e. The molecule has 1 aromatic rings. The van der Waals surface area contributed by atoms with E-state index in [2.05, 4.69) is 31.3 Å². The van der Waals surface area contributed by atoms with E-state index in [0.717, 1.165) is 29.9 Å². The molecule has 0 aliphatic carbocycles. The zero-order chi connectivity index (χ0) is 14.5. The molecular weight excluding hydrogens is 270 g/mol.